The largest absolute Gasteiger partial charge is 0.296 e. The van der Waals surface area contributed by atoms with E-state index in [1.165, 1.54) is 18.4 Å². The van der Waals surface area contributed by atoms with Crippen LogP contribution < -0.4 is 0 Å². The molecule has 4 heteroatoms. The quantitative estimate of drug-likeness (QED) is 0.409. The standard InChI is InChI=1S/C12H16N4/c13-15-14-8-9-16(12-6-7-12)10-11-4-2-1-3-5-11/h1-5,12H,6-10H2. The molecule has 0 unspecified atom stereocenters. The summed E-state index contributed by atoms with van der Waals surface area (Å²) in [5, 5.41) is 3.60. The number of rotatable bonds is 6. The van der Waals surface area contributed by atoms with Crippen molar-refractivity contribution in [1.82, 2.24) is 4.90 Å². The van der Waals surface area contributed by atoms with E-state index in [0.29, 0.717) is 12.6 Å². The van der Waals surface area contributed by atoms with Crippen molar-refractivity contribution in [2.75, 3.05) is 13.1 Å². The van der Waals surface area contributed by atoms with Crippen LogP contribution in [0.3, 0.4) is 0 Å². The smallest absolute Gasteiger partial charge is 0.0386 e. The molecule has 0 radical (unpaired) electrons. The molecule has 4 nitrogen and oxygen atoms in total. The molecule has 0 N–H and O–H groups in total. The fraction of sp³-hybridized carbons (Fsp3) is 0.500. The first-order valence-corrected chi connectivity index (χ1v) is 5.69. The van der Waals surface area contributed by atoms with Crippen LogP contribution in [0.4, 0.5) is 0 Å². The first-order chi connectivity index (χ1) is 7.90. The van der Waals surface area contributed by atoms with Gasteiger partial charge in [0.25, 0.3) is 0 Å². The Morgan fingerprint density at radius 3 is 2.69 bits per heavy atom. The van der Waals surface area contributed by atoms with Crippen LogP contribution in [0.15, 0.2) is 35.4 Å². The first-order valence-electron chi connectivity index (χ1n) is 5.69. The molecule has 0 atom stereocenters. The second-order valence-electron chi connectivity index (χ2n) is 4.14. The van der Waals surface area contributed by atoms with Gasteiger partial charge in [-0.15, -0.1) is 0 Å². The minimum atomic E-state index is 0.569. The normalized spacial score (nSPS) is 14.8. The summed E-state index contributed by atoms with van der Waals surface area (Å²) in [5.41, 5.74) is 9.59. The molecule has 1 saturated carbocycles. The van der Waals surface area contributed by atoms with Gasteiger partial charge in [-0.05, 0) is 23.9 Å². The number of hydrogen-bond donors (Lipinski definition) is 0. The molecule has 0 spiro atoms. The Hall–Kier alpha value is -1.51. The van der Waals surface area contributed by atoms with Gasteiger partial charge in [-0.3, -0.25) is 4.90 Å². The SMILES string of the molecule is [N-]=[N+]=NCCN(Cc1ccccc1)C1CC1. The van der Waals surface area contributed by atoms with Gasteiger partial charge in [0.15, 0.2) is 0 Å². The zero-order valence-electron chi connectivity index (χ0n) is 9.29. The summed E-state index contributed by atoms with van der Waals surface area (Å²) in [5.74, 6) is 0. The molecule has 0 aromatic heterocycles. The van der Waals surface area contributed by atoms with Crippen LogP contribution in [-0.2, 0) is 6.54 Å². The topological polar surface area (TPSA) is 52.0 Å². The van der Waals surface area contributed by atoms with Crippen molar-refractivity contribution < 1.29 is 0 Å². The molecule has 16 heavy (non-hydrogen) atoms. The van der Waals surface area contributed by atoms with E-state index in [0.717, 1.165) is 13.1 Å². The summed E-state index contributed by atoms with van der Waals surface area (Å²) >= 11 is 0. The summed E-state index contributed by atoms with van der Waals surface area (Å²) < 4.78 is 0. The zero-order chi connectivity index (χ0) is 11.2. The van der Waals surface area contributed by atoms with Crippen molar-refractivity contribution in [3.63, 3.8) is 0 Å². The van der Waals surface area contributed by atoms with E-state index >= 15 is 0 Å². The van der Waals surface area contributed by atoms with E-state index in [-0.39, 0.29) is 0 Å². The highest BCUT2D eigenvalue weighted by Gasteiger charge is 2.28. The number of hydrogen-bond acceptors (Lipinski definition) is 2. The fourth-order valence-electron chi connectivity index (χ4n) is 1.87. The maximum absolute atomic E-state index is 8.26. The van der Waals surface area contributed by atoms with Crippen molar-refractivity contribution in [2.45, 2.75) is 25.4 Å². The predicted octanol–water partition coefficient (Wildman–Crippen LogP) is 2.96. The van der Waals surface area contributed by atoms with Crippen molar-refractivity contribution in [2.24, 2.45) is 5.11 Å². The summed E-state index contributed by atoms with van der Waals surface area (Å²) in [7, 11) is 0. The maximum atomic E-state index is 8.26. The minimum absolute atomic E-state index is 0.569. The monoisotopic (exact) mass is 216 g/mol. The summed E-state index contributed by atoms with van der Waals surface area (Å²) in [6.07, 6.45) is 2.56. The highest BCUT2D eigenvalue weighted by atomic mass is 15.2. The Morgan fingerprint density at radius 2 is 2.06 bits per heavy atom. The lowest BCUT2D eigenvalue weighted by Gasteiger charge is -2.20. The highest BCUT2D eigenvalue weighted by molar-refractivity contribution is 5.14. The van der Waals surface area contributed by atoms with Crippen LogP contribution in [0.1, 0.15) is 18.4 Å². The first kappa shape index (κ1) is 11.0. The molecule has 0 saturated heterocycles. The average Bonchev–Trinajstić information content (AvgIpc) is 3.13. The molecule has 0 aliphatic heterocycles. The Labute approximate surface area is 95.5 Å². The fourth-order valence-corrected chi connectivity index (χ4v) is 1.87. The van der Waals surface area contributed by atoms with Gasteiger partial charge in [0.05, 0.1) is 0 Å². The molecule has 0 bridgehead atoms. The van der Waals surface area contributed by atoms with Gasteiger partial charge in [-0.25, -0.2) is 0 Å². The lowest BCUT2D eigenvalue weighted by atomic mass is 10.2. The van der Waals surface area contributed by atoms with E-state index in [1.807, 2.05) is 6.07 Å². The van der Waals surface area contributed by atoms with Gasteiger partial charge in [-0.1, -0.05) is 35.4 Å². The van der Waals surface area contributed by atoms with E-state index in [1.54, 1.807) is 0 Å². The van der Waals surface area contributed by atoms with Gasteiger partial charge < -0.3 is 0 Å². The Balaban J connectivity index is 1.90. The molecule has 1 aliphatic rings. The van der Waals surface area contributed by atoms with Crippen LogP contribution in [0.25, 0.3) is 10.4 Å². The third-order valence-corrected chi connectivity index (χ3v) is 2.84. The van der Waals surface area contributed by atoms with Crippen LogP contribution >= 0.6 is 0 Å². The predicted molar refractivity (Wildman–Crippen MR) is 63.9 cm³/mol. The Bertz CT molecular complexity index is 366. The van der Waals surface area contributed by atoms with E-state index < -0.39 is 0 Å². The molecule has 0 heterocycles. The van der Waals surface area contributed by atoms with Gasteiger partial charge in [-0.2, -0.15) is 0 Å². The number of benzene rings is 1. The van der Waals surface area contributed by atoms with E-state index in [4.69, 9.17) is 5.53 Å². The lowest BCUT2D eigenvalue weighted by molar-refractivity contribution is 0.262. The van der Waals surface area contributed by atoms with Gasteiger partial charge in [0.1, 0.15) is 0 Å². The number of azide groups is 1. The minimum Gasteiger partial charge on any atom is -0.296 e. The molecular formula is C12H16N4. The molecule has 0 amide bonds. The van der Waals surface area contributed by atoms with Crippen LogP contribution in [0.5, 0.6) is 0 Å². The molecule has 2 rings (SSSR count). The van der Waals surface area contributed by atoms with Crippen molar-refractivity contribution in [3.8, 4) is 0 Å². The molecule has 1 aromatic carbocycles. The molecule has 1 aromatic rings. The molecular weight excluding hydrogens is 200 g/mol. The third kappa shape index (κ3) is 3.26. The third-order valence-electron chi connectivity index (χ3n) is 2.84. The Morgan fingerprint density at radius 1 is 1.31 bits per heavy atom. The van der Waals surface area contributed by atoms with Crippen molar-refractivity contribution in [3.05, 3.63) is 46.3 Å². The van der Waals surface area contributed by atoms with E-state index in [2.05, 4.69) is 39.2 Å². The van der Waals surface area contributed by atoms with Gasteiger partial charge in [0, 0.05) is 30.6 Å². The van der Waals surface area contributed by atoms with Gasteiger partial charge >= 0.3 is 0 Å². The van der Waals surface area contributed by atoms with Crippen molar-refractivity contribution in [1.29, 1.82) is 0 Å². The van der Waals surface area contributed by atoms with Gasteiger partial charge in [0.2, 0.25) is 0 Å². The van der Waals surface area contributed by atoms with Crippen LogP contribution in [-0.4, -0.2) is 24.0 Å². The molecule has 84 valence electrons. The second-order valence-corrected chi connectivity index (χ2v) is 4.14. The maximum Gasteiger partial charge on any atom is 0.0386 e. The zero-order valence-corrected chi connectivity index (χ0v) is 9.29. The summed E-state index contributed by atoms with van der Waals surface area (Å²) in [6, 6.07) is 11.1. The second kappa shape index (κ2) is 5.54. The lowest BCUT2D eigenvalue weighted by Crippen LogP contribution is -2.28. The number of nitrogens with zero attached hydrogens (tertiary/aromatic N) is 4. The summed E-state index contributed by atoms with van der Waals surface area (Å²) in [4.78, 5) is 5.20. The molecule has 1 fully saturated rings. The average molecular weight is 216 g/mol. The van der Waals surface area contributed by atoms with Crippen LogP contribution in [0, 0.1) is 0 Å². The van der Waals surface area contributed by atoms with Crippen molar-refractivity contribution >= 4 is 0 Å². The summed E-state index contributed by atoms with van der Waals surface area (Å²) in [6.45, 7) is 2.40. The van der Waals surface area contributed by atoms with Crippen LogP contribution in [0.2, 0.25) is 0 Å². The Kier molecular flexibility index (Phi) is 3.81. The molecule has 1 aliphatic carbocycles. The highest BCUT2D eigenvalue weighted by Crippen LogP contribution is 2.27. The van der Waals surface area contributed by atoms with E-state index in [9.17, 15) is 0 Å².